The summed E-state index contributed by atoms with van der Waals surface area (Å²) >= 11 is 0. The van der Waals surface area contributed by atoms with Crippen molar-refractivity contribution in [3.05, 3.63) is 54.6 Å². The number of nitrogens with one attached hydrogen (secondary N) is 1. The zero-order valence-electron chi connectivity index (χ0n) is 18.0. The number of amides is 3. The maximum Gasteiger partial charge on any atom is 0.321 e. The number of rotatable bonds is 4. The topological polar surface area (TPSA) is 65.1 Å². The zero-order chi connectivity index (χ0) is 21.6. The number of ether oxygens (including phenoxy) is 1. The molecule has 0 radical (unpaired) electrons. The first-order chi connectivity index (χ1) is 15.2. The molecule has 0 bridgehead atoms. The second kappa shape index (κ2) is 9.73. The van der Waals surface area contributed by atoms with Gasteiger partial charge in [0.1, 0.15) is 5.75 Å². The molecular formula is C24H30N4O3. The minimum absolute atomic E-state index is 0.00131. The van der Waals surface area contributed by atoms with Crippen molar-refractivity contribution in [2.75, 3.05) is 56.6 Å². The molecule has 3 amide bonds. The summed E-state index contributed by atoms with van der Waals surface area (Å²) in [7, 11) is 1.69. The standard InChI is InChI=1S/C24H30N4O3/c1-31-22-10-6-5-9-21(22)26-15-17-27(18-16-26)23(29)19-11-13-28(14-12-19)24(30)25-20-7-3-2-4-8-20/h2-10,19H,11-18H2,1H3,(H,25,30). The van der Waals surface area contributed by atoms with Gasteiger partial charge in [0.2, 0.25) is 5.91 Å². The molecule has 2 aliphatic rings. The molecule has 0 saturated carbocycles. The van der Waals surface area contributed by atoms with Crippen LogP contribution in [0.4, 0.5) is 16.2 Å². The number of carbonyl (C=O) groups is 2. The molecule has 2 fully saturated rings. The number of urea groups is 1. The quantitative estimate of drug-likeness (QED) is 0.821. The van der Waals surface area contributed by atoms with Gasteiger partial charge in [0, 0.05) is 50.9 Å². The highest BCUT2D eigenvalue weighted by Gasteiger charge is 2.32. The van der Waals surface area contributed by atoms with Crippen molar-refractivity contribution < 1.29 is 14.3 Å². The number of hydrogen-bond donors (Lipinski definition) is 1. The Morgan fingerprint density at radius 3 is 2.16 bits per heavy atom. The van der Waals surface area contributed by atoms with E-state index in [1.807, 2.05) is 53.4 Å². The Morgan fingerprint density at radius 2 is 1.48 bits per heavy atom. The van der Waals surface area contributed by atoms with Crippen molar-refractivity contribution in [2.45, 2.75) is 12.8 Å². The fourth-order valence-electron chi connectivity index (χ4n) is 4.37. The SMILES string of the molecule is COc1ccccc1N1CCN(C(=O)C2CCN(C(=O)Nc3ccccc3)CC2)CC1. The Balaban J connectivity index is 1.25. The van der Waals surface area contributed by atoms with Crippen molar-refractivity contribution in [1.29, 1.82) is 0 Å². The van der Waals surface area contributed by atoms with Crippen LogP contribution in [0, 0.1) is 5.92 Å². The molecule has 2 aromatic rings. The van der Waals surface area contributed by atoms with Gasteiger partial charge in [0.05, 0.1) is 12.8 Å². The minimum Gasteiger partial charge on any atom is -0.495 e. The van der Waals surface area contributed by atoms with Gasteiger partial charge in [-0.15, -0.1) is 0 Å². The third-order valence-corrected chi connectivity index (χ3v) is 6.17. The van der Waals surface area contributed by atoms with Crippen LogP contribution in [0.15, 0.2) is 54.6 Å². The van der Waals surface area contributed by atoms with Gasteiger partial charge >= 0.3 is 6.03 Å². The average molecular weight is 423 g/mol. The van der Waals surface area contributed by atoms with E-state index in [4.69, 9.17) is 4.74 Å². The van der Waals surface area contributed by atoms with Gasteiger partial charge in [-0.1, -0.05) is 30.3 Å². The molecule has 0 unspecified atom stereocenters. The summed E-state index contributed by atoms with van der Waals surface area (Å²) in [6, 6.07) is 17.4. The van der Waals surface area contributed by atoms with E-state index in [1.54, 1.807) is 12.0 Å². The highest BCUT2D eigenvalue weighted by atomic mass is 16.5. The first kappa shape index (κ1) is 21.0. The second-order valence-electron chi connectivity index (χ2n) is 8.04. The van der Waals surface area contributed by atoms with E-state index < -0.39 is 0 Å². The van der Waals surface area contributed by atoms with E-state index in [0.29, 0.717) is 39.0 Å². The number of likely N-dealkylation sites (tertiary alicyclic amines) is 1. The van der Waals surface area contributed by atoms with Crippen LogP contribution in [0.3, 0.4) is 0 Å². The minimum atomic E-state index is -0.0949. The number of para-hydroxylation sites is 3. The molecule has 0 aliphatic carbocycles. The Hall–Kier alpha value is -3.22. The number of methoxy groups -OCH3 is 1. The maximum absolute atomic E-state index is 13.1. The zero-order valence-corrected chi connectivity index (χ0v) is 18.0. The predicted molar refractivity (Wildman–Crippen MR) is 122 cm³/mol. The molecule has 2 aliphatic heterocycles. The third-order valence-electron chi connectivity index (χ3n) is 6.17. The van der Waals surface area contributed by atoms with Gasteiger partial charge < -0.3 is 24.8 Å². The fraction of sp³-hybridized carbons (Fsp3) is 0.417. The van der Waals surface area contributed by atoms with Crippen LogP contribution >= 0.6 is 0 Å². The normalized spacial score (nSPS) is 17.4. The van der Waals surface area contributed by atoms with E-state index in [9.17, 15) is 9.59 Å². The summed E-state index contributed by atoms with van der Waals surface area (Å²) in [6.07, 6.45) is 1.43. The van der Waals surface area contributed by atoms with Gasteiger partial charge in [0.25, 0.3) is 0 Å². The first-order valence-electron chi connectivity index (χ1n) is 10.9. The molecule has 2 aromatic carbocycles. The van der Waals surface area contributed by atoms with Crippen molar-refractivity contribution in [2.24, 2.45) is 5.92 Å². The monoisotopic (exact) mass is 422 g/mol. The van der Waals surface area contributed by atoms with Crippen LogP contribution < -0.4 is 15.0 Å². The highest BCUT2D eigenvalue weighted by Crippen LogP contribution is 2.29. The van der Waals surface area contributed by atoms with Crippen molar-refractivity contribution in [3.8, 4) is 5.75 Å². The second-order valence-corrected chi connectivity index (χ2v) is 8.04. The van der Waals surface area contributed by atoms with E-state index >= 15 is 0 Å². The van der Waals surface area contributed by atoms with Gasteiger partial charge in [-0.25, -0.2) is 4.79 Å². The summed E-state index contributed by atoms with van der Waals surface area (Å²) in [6.45, 7) is 4.23. The number of carbonyl (C=O) groups excluding carboxylic acids is 2. The fourth-order valence-corrected chi connectivity index (χ4v) is 4.37. The smallest absolute Gasteiger partial charge is 0.321 e. The Bertz CT molecular complexity index is 889. The molecular weight excluding hydrogens is 392 g/mol. The summed E-state index contributed by atoms with van der Waals surface area (Å²) < 4.78 is 5.48. The van der Waals surface area contributed by atoms with E-state index in [0.717, 1.165) is 30.2 Å². The molecule has 31 heavy (non-hydrogen) atoms. The van der Waals surface area contributed by atoms with Crippen LogP contribution in [-0.4, -0.2) is 68.1 Å². The van der Waals surface area contributed by atoms with Crippen molar-refractivity contribution in [3.63, 3.8) is 0 Å². The molecule has 0 aromatic heterocycles. The summed E-state index contributed by atoms with van der Waals surface area (Å²) in [5, 5.41) is 2.92. The van der Waals surface area contributed by atoms with Crippen molar-refractivity contribution in [1.82, 2.24) is 9.80 Å². The number of nitrogens with zero attached hydrogens (tertiary/aromatic N) is 3. The van der Waals surface area contributed by atoms with E-state index in [-0.39, 0.29) is 17.9 Å². The Labute approximate surface area is 183 Å². The lowest BCUT2D eigenvalue weighted by molar-refractivity contribution is -0.137. The molecule has 0 atom stereocenters. The molecule has 0 spiro atoms. The number of hydrogen-bond acceptors (Lipinski definition) is 4. The maximum atomic E-state index is 13.1. The Morgan fingerprint density at radius 1 is 0.839 bits per heavy atom. The van der Waals surface area contributed by atoms with Crippen LogP contribution in [0.25, 0.3) is 0 Å². The van der Waals surface area contributed by atoms with Gasteiger partial charge in [-0.05, 0) is 37.1 Å². The first-order valence-corrected chi connectivity index (χ1v) is 10.9. The molecule has 164 valence electrons. The molecule has 2 saturated heterocycles. The predicted octanol–water partition coefficient (Wildman–Crippen LogP) is 3.29. The lowest BCUT2D eigenvalue weighted by Crippen LogP contribution is -2.52. The largest absolute Gasteiger partial charge is 0.495 e. The van der Waals surface area contributed by atoms with Crippen molar-refractivity contribution >= 4 is 23.3 Å². The highest BCUT2D eigenvalue weighted by molar-refractivity contribution is 5.89. The third kappa shape index (κ3) is 4.93. The number of piperidine rings is 1. The van der Waals surface area contributed by atoms with Crippen LogP contribution in [-0.2, 0) is 4.79 Å². The van der Waals surface area contributed by atoms with Crippen LogP contribution in [0.1, 0.15) is 12.8 Å². The van der Waals surface area contributed by atoms with E-state index in [1.165, 1.54) is 0 Å². The lowest BCUT2D eigenvalue weighted by atomic mass is 9.95. The van der Waals surface area contributed by atoms with Crippen LogP contribution in [0.2, 0.25) is 0 Å². The number of benzene rings is 2. The average Bonchev–Trinajstić information content (AvgIpc) is 2.84. The van der Waals surface area contributed by atoms with E-state index in [2.05, 4.69) is 16.3 Å². The molecule has 2 heterocycles. The number of piperazine rings is 1. The van der Waals surface area contributed by atoms with Gasteiger partial charge in [0.15, 0.2) is 0 Å². The lowest BCUT2D eigenvalue weighted by Gasteiger charge is -2.39. The van der Waals surface area contributed by atoms with Gasteiger partial charge in [-0.2, -0.15) is 0 Å². The van der Waals surface area contributed by atoms with Crippen LogP contribution in [0.5, 0.6) is 5.75 Å². The molecule has 7 nitrogen and oxygen atoms in total. The molecule has 7 heteroatoms. The summed E-state index contributed by atoms with van der Waals surface area (Å²) in [4.78, 5) is 31.6. The Kier molecular flexibility index (Phi) is 6.60. The summed E-state index contributed by atoms with van der Waals surface area (Å²) in [5.74, 6) is 1.09. The summed E-state index contributed by atoms with van der Waals surface area (Å²) in [5.41, 5.74) is 1.87. The number of anilines is 2. The van der Waals surface area contributed by atoms with Gasteiger partial charge in [-0.3, -0.25) is 4.79 Å². The molecule has 1 N–H and O–H groups in total. The molecule has 4 rings (SSSR count).